The highest BCUT2D eigenvalue weighted by Crippen LogP contribution is 2.22. The lowest BCUT2D eigenvalue weighted by Crippen LogP contribution is -2.35. The fraction of sp³-hybridized carbons (Fsp3) is 0.533. The SMILES string of the molecule is CCOC(=O)C(NCC1CCCO1)c1ccc(O)c(F)c1. The van der Waals surface area contributed by atoms with Gasteiger partial charge in [0.15, 0.2) is 11.6 Å². The number of ether oxygens (including phenoxy) is 2. The Hall–Kier alpha value is -1.66. The zero-order valence-corrected chi connectivity index (χ0v) is 12.0. The van der Waals surface area contributed by atoms with Gasteiger partial charge in [-0.25, -0.2) is 9.18 Å². The van der Waals surface area contributed by atoms with Crippen LogP contribution in [0.1, 0.15) is 31.4 Å². The van der Waals surface area contributed by atoms with Crippen LogP contribution in [0, 0.1) is 5.82 Å². The highest BCUT2D eigenvalue weighted by Gasteiger charge is 2.25. The van der Waals surface area contributed by atoms with Gasteiger partial charge in [-0.1, -0.05) is 6.07 Å². The van der Waals surface area contributed by atoms with Crippen molar-refractivity contribution in [3.05, 3.63) is 29.6 Å². The largest absolute Gasteiger partial charge is 0.505 e. The lowest BCUT2D eigenvalue weighted by molar-refractivity contribution is -0.146. The summed E-state index contributed by atoms with van der Waals surface area (Å²) in [4.78, 5) is 12.0. The summed E-state index contributed by atoms with van der Waals surface area (Å²) in [5, 5.41) is 12.3. The molecule has 0 aliphatic carbocycles. The molecule has 1 saturated heterocycles. The van der Waals surface area contributed by atoms with Crippen LogP contribution in [-0.4, -0.2) is 36.9 Å². The molecular formula is C15H20FNO4. The van der Waals surface area contributed by atoms with Crippen LogP contribution >= 0.6 is 0 Å². The van der Waals surface area contributed by atoms with Crippen molar-refractivity contribution in [3.8, 4) is 5.75 Å². The Morgan fingerprint density at radius 3 is 3.05 bits per heavy atom. The number of carbonyl (C=O) groups excluding carboxylic acids is 1. The van der Waals surface area contributed by atoms with Gasteiger partial charge in [-0.2, -0.15) is 0 Å². The van der Waals surface area contributed by atoms with E-state index in [1.54, 1.807) is 6.92 Å². The molecule has 21 heavy (non-hydrogen) atoms. The van der Waals surface area contributed by atoms with Gasteiger partial charge < -0.3 is 14.6 Å². The molecule has 1 aromatic rings. The number of aromatic hydroxyl groups is 1. The van der Waals surface area contributed by atoms with Crippen LogP contribution in [0.15, 0.2) is 18.2 Å². The predicted molar refractivity (Wildman–Crippen MR) is 74.4 cm³/mol. The first-order chi connectivity index (χ1) is 10.1. The Bertz CT molecular complexity index is 489. The minimum Gasteiger partial charge on any atom is -0.505 e. The van der Waals surface area contributed by atoms with Gasteiger partial charge >= 0.3 is 5.97 Å². The number of phenols is 1. The maximum atomic E-state index is 13.5. The predicted octanol–water partition coefficient (Wildman–Crippen LogP) is 1.90. The van der Waals surface area contributed by atoms with Gasteiger partial charge in [-0.05, 0) is 37.5 Å². The highest BCUT2D eigenvalue weighted by molar-refractivity contribution is 5.77. The van der Waals surface area contributed by atoms with Crippen molar-refractivity contribution < 1.29 is 23.8 Å². The first kappa shape index (κ1) is 15.7. The lowest BCUT2D eigenvalue weighted by atomic mass is 10.1. The summed E-state index contributed by atoms with van der Waals surface area (Å²) in [5.74, 6) is -1.68. The number of carbonyl (C=O) groups is 1. The Labute approximate surface area is 123 Å². The summed E-state index contributed by atoms with van der Waals surface area (Å²) in [7, 11) is 0. The van der Waals surface area contributed by atoms with E-state index in [4.69, 9.17) is 9.47 Å². The van der Waals surface area contributed by atoms with Gasteiger partial charge in [0, 0.05) is 13.2 Å². The molecule has 1 aliphatic heterocycles. The Balaban J connectivity index is 2.09. The Kier molecular flexibility index (Phi) is 5.52. The van der Waals surface area contributed by atoms with E-state index in [-0.39, 0.29) is 12.7 Å². The van der Waals surface area contributed by atoms with Crippen LogP contribution in [0.4, 0.5) is 4.39 Å². The average molecular weight is 297 g/mol. The van der Waals surface area contributed by atoms with Gasteiger partial charge in [0.2, 0.25) is 0 Å². The van der Waals surface area contributed by atoms with E-state index in [1.165, 1.54) is 12.1 Å². The van der Waals surface area contributed by atoms with Crippen LogP contribution in [0.5, 0.6) is 5.75 Å². The molecule has 2 atom stereocenters. The summed E-state index contributed by atoms with van der Waals surface area (Å²) in [6, 6.07) is 3.09. The number of rotatable bonds is 6. The van der Waals surface area contributed by atoms with Gasteiger partial charge in [0.05, 0.1) is 12.7 Å². The molecule has 2 rings (SSSR count). The van der Waals surface area contributed by atoms with E-state index in [1.807, 2.05) is 0 Å². The smallest absolute Gasteiger partial charge is 0.327 e. The summed E-state index contributed by atoms with van der Waals surface area (Å²) in [6.07, 6.45) is 2.00. The first-order valence-electron chi connectivity index (χ1n) is 7.12. The summed E-state index contributed by atoms with van der Waals surface area (Å²) < 4.78 is 24.0. The molecule has 2 unspecified atom stereocenters. The number of nitrogens with one attached hydrogen (secondary N) is 1. The number of hydrogen-bond donors (Lipinski definition) is 2. The molecule has 0 bridgehead atoms. The Morgan fingerprint density at radius 2 is 2.43 bits per heavy atom. The monoisotopic (exact) mass is 297 g/mol. The molecule has 1 heterocycles. The minimum absolute atomic E-state index is 0.0592. The van der Waals surface area contributed by atoms with E-state index < -0.39 is 23.6 Å². The molecule has 0 spiro atoms. The maximum Gasteiger partial charge on any atom is 0.327 e. The number of hydrogen-bond acceptors (Lipinski definition) is 5. The van der Waals surface area contributed by atoms with Crippen molar-refractivity contribution in [3.63, 3.8) is 0 Å². The first-order valence-corrected chi connectivity index (χ1v) is 7.12. The minimum atomic E-state index is -0.774. The van der Waals surface area contributed by atoms with Gasteiger partial charge in [0.1, 0.15) is 6.04 Å². The van der Waals surface area contributed by atoms with Gasteiger partial charge in [0.25, 0.3) is 0 Å². The second-order valence-corrected chi connectivity index (χ2v) is 4.94. The molecule has 1 aliphatic rings. The molecule has 0 radical (unpaired) electrons. The number of benzene rings is 1. The third-order valence-corrected chi connectivity index (χ3v) is 3.40. The van der Waals surface area contributed by atoms with Crippen molar-refractivity contribution in [2.45, 2.75) is 31.9 Å². The fourth-order valence-corrected chi connectivity index (χ4v) is 2.32. The molecule has 116 valence electrons. The molecule has 0 amide bonds. The molecular weight excluding hydrogens is 277 g/mol. The third kappa shape index (κ3) is 4.15. The van der Waals surface area contributed by atoms with Crippen LogP contribution in [-0.2, 0) is 14.3 Å². The van der Waals surface area contributed by atoms with Gasteiger partial charge in [-0.3, -0.25) is 5.32 Å². The summed E-state index contributed by atoms with van der Waals surface area (Å²) in [6.45, 7) is 3.18. The quantitative estimate of drug-likeness (QED) is 0.785. The zero-order chi connectivity index (χ0) is 15.2. The number of halogens is 1. The fourth-order valence-electron chi connectivity index (χ4n) is 2.32. The number of esters is 1. The molecule has 1 aromatic carbocycles. The van der Waals surface area contributed by atoms with Crippen LogP contribution in [0.3, 0.4) is 0 Å². The van der Waals surface area contributed by atoms with E-state index in [2.05, 4.69) is 5.32 Å². The van der Waals surface area contributed by atoms with Crippen LogP contribution in [0.2, 0.25) is 0 Å². The molecule has 2 N–H and O–H groups in total. The van der Waals surface area contributed by atoms with E-state index >= 15 is 0 Å². The highest BCUT2D eigenvalue weighted by atomic mass is 19.1. The molecule has 1 fully saturated rings. The molecule has 0 aromatic heterocycles. The van der Waals surface area contributed by atoms with Crippen molar-refractivity contribution >= 4 is 5.97 Å². The van der Waals surface area contributed by atoms with Crippen molar-refractivity contribution in [1.82, 2.24) is 5.32 Å². The van der Waals surface area contributed by atoms with Gasteiger partial charge in [-0.15, -0.1) is 0 Å². The van der Waals surface area contributed by atoms with E-state index in [9.17, 15) is 14.3 Å². The summed E-state index contributed by atoms with van der Waals surface area (Å²) in [5.41, 5.74) is 0.418. The standard InChI is InChI=1S/C15H20FNO4/c1-2-20-15(19)14(17-9-11-4-3-7-21-11)10-5-6-13(18)12(16)8-10/h5-6,8,11,14,17-18H,2-4,7,9H2,1H3. The molecule has 6 heteroatoms. The topological polar surface area (TPSA) is 67.8 Å². The van der Waals surface area contributed by atoms with E-state index in [0.29, 0.717) is 12.1 Å². The summed E-state index contributed by atoms with van der Waals surface area (Å²) >= 11 is 0. The normalized spacial score (nSPS) is 19.4. The molecule has 5 nitrogen and oxygen atoms in total. The zero-order valence-electron chi connectivity index (χ0n) is 12.0. The van der Waals surface area contributed by atoms with Crippen molar-refractivity contribution in [1.29, 1.82) is 0 Å². The van der Waals surface area contributed by atoms with Crippen LogP contribution < -0.4 is 5.32 Å². The average Bonchev–Trinajstić information content (AvgIpc) is 2.96. The van der Waals surface area contributed by atoms with Crippen molar-refractivity contribution in [2.75, 3.05) is 19.8 Å². The van der Waals surface area contributed by atoms with E-state index in [0.717, 1.165) is 25.5 Å². The molecule has 0 saturated carbocycles. The van der Waals surface area contributed by atoms with Crippen molar-refractivity contribution in [2.24, 2.45) is 0 Å². The Morgan fingerprint density at radius 1 is 1.62 bits per heavy atom. The number of phenolic OH excluding ortho intramolecular Hbond substituents is 1. The third-order valence-electron chi connectivity index (χ3n) is 3.40. The second-order valence-electron chi connectivity index (χ2n) is 4.94. The lowest BCUT2D eigenvalue weighted by Gasteiger charge is -2.20. The second kappa shape index (κ2) is 7.38. The van der Waals surface area contributed by atoms with Crippen LogP contribution in [0.25, 0.3) is 0 Å². The maximum absolute atomic E-state index is 13.5.